The highest BCUT2D eigenvalue weighted by atomic mass is 32.1. The number of hydrogen-bond donors (Lipinski definition) is 4. The number of nitrogens with zero attached hydrogens (tertiary/aromatic N) is 1. The number of aromatic hydroxyl groups is 1. The van der Waals surface area contributed by atoms with Crippen LogP contribution in [0.3, 0.4) is 0 Å². The summed E-state index contributed by atoms with van der Waals surface area (Å²) in [7, 11) is 0. The molecule has 7 heteroatoms. The number of aromatic amines is 1. The molecule has 4 aromatic rings. The number of aromatic nitrogens is 2. The Morgan fingerprint density at radius 2 is 1.96 bits per heavy atom. The van der Waals surface area contributed by atoms with Crippen molar-refractivity contribution in [2.75, 3.05) is 6.61 Å². The number of phenolic OH excluding ortho intramolecular Hbond substituents is 1. The number of hydrogen-bond acceptors (Lipinski definition) is 5. The summed E-state index contributed by atoms with van der Waals surface area (Å²) in [5.41, 5.74) is 2.19. The van der Waals surface area contributed by atoms with Gasteiger partial charge in [0, 0.05) is 0 Å². The van der Waals surface area contributed by atoms with Crippen molar-refractivity contribution >= 4 is 28.3 Å². The first-order chi connectivity index (χ1) is 13.7. The van der Waals surface area contributed by atoms with E-state index in [1.54, 1.807) is 6.07 Å². The van der Waals surface area contributed by atoms with Crippen LogP contribution in [0.2, 0.25) is 0 Å². The van der Waals surface area contributed by atoms with Crippen molar-refractivity contribution in [2.24, 2.45) is 0 Å². The number of rotatable bonds is 6. The van der Waals surface area contributed by atoms with E-state index in [-0.39, 0.29) is 18.3 Å². The molecular formula is C21H19N3O3S. The molecule has 0 aliphatic heterocycles. The van der Waals surface area contributed by atoms with Crippen LogP contribution in [0.4, 0.5) is 0 Å². The van der Waals surface area contributed by atoms with E-state index in [4.69, 9.17) is 0 Å². The van der Waals surface area contributed by atoms with E-state index in [2.05, 4.69) is 15.3 Å². The second-order valence-electron chi connectivity index (χ2n) is 6.46. The van der Waals surface area contributed by atoms with E-state index < -0.39 is 6.04 Å². The summed E-state index contributed by atoms with van der Waals surface area (Å²) in [6.45, 7) is -0.178. The Morgan fingerprint density at radius 1 is 1.14 bits per heavy atom. The highest BCUT2D eigenvalue weighted by Crippen LogP contribution is 2.30. The molecule has 2 aromatic heterocycles. The third-order valence-electron chi connectivity index (χ3n) is 4.50. The molecule has 0 radical (unpaired) electrons. The average molecular weight is 393 g/mol. The zero-order valence-corrected chi connectivity index (χ0v) is 15.7. The van der Waals surface area contributed by atoms with Crippen LogP contribution in [0.5, 0.6) is 5.75 Å². The molecule has 0 saturated heterocycles. The number of thiophene rings is 1. The summed E-state index contributed by atoms with van der Waals surface area (Å²) in [6, 6.07) is 16.1. The summed E-state index contributed by atoms with van der Waals surface area (Å²) in [5, 5.41) is 24.7. The molecule has 1 unspecified atom stereocenters. The fourth-order valence-corrected chi connectivity index (χ4v) is 3.78. The lowest BCUT2D eigenvalue weighted by Gasteiger charge is -2.16. The van der Waals surface area contributed by atoms with Gasteiger partial charge in [-0.15, -0.1) is 11.3 Å². The van der Waals surface area contributed by atoms with Gasteiger partial charge >= 0.3 is 0 Å². The van der Waals surface area contributed by atoms with E-state index in [0.29, 0.717) is 28.8 Å². The number of aliphatic hydroxyl groups is 1. The van der Waals surface area contributed by atoms with Crippen molar-refractivity contribution in [1.82, 2.24) is 15.3 Å². The van der Waals surface area contributed by atoms with Gasteiger partial charge in [0.2, 0.25) is 0 Å². The first-order valence-electron chi connectivity index (χ1n) is 8.87. The molecule has 0 aliphatic rings. The lowest BCUT2D eigenvalue weighted by Crippen LogP contribution is -2.39. The van der Waals surface area contributed by atoms with E-state index in [0.717, 1.165) is 10.4 Å². The minimum absolute atomic E-state index is 0.0323. The first kappa shape index (κ1) is 18.2. The molecule has 6 nitrogen and oxygen atoms in total. The zero-order chi connectivity index (χ0) is 19.5. The molecule has 1 amide bonds. The van der Waals surface area contributed by atoms with E-state index in [1.807, 2.05) is 47.8 Å². The Hall–Kier alpha value is -3.16. The number of benzene rings is 2. The van der Waals surface area contributed by atoms with E-state index in [9.17, 15) is 15.0 Å². The number of carbonyl (C=O) groups is 1. The predicted molar refractivity (Wildman–Crippen MR) is 110 cm³/mol. The molecule has 2 heterocycles. The predicted octanol–water partition coefficient (Wildman–Crippen LogP) is 3.33. The van der Waals surface area contributed by atoms with Crippen molar-refractivity contribution in [3.05, 3.63) is 71.1 Å². The van der Waals surface area contributed by atoms with Gasteiger partial charge in [0.05, 0.1) is 23.1 Å². The van der Waals surface area contributed by atoms with Gasteiger partial charge < -0.3 is 20.5 Å². The number of carbonyl (C=O) groups excluding carboxylic acids is 1. The van der Waals surface area contributed by atoms with Crippen LogP contribution in [0, 0.1) is 0 Å². The quantitative estimate of drug-likeness (QED) is 0.404. The zero-order valence-electron chi connectivity index (χ0n) is 14.9. The molecule has 2 aromatic carbocycles. The van der Waals surface area contributed by atoms with Crippen LogP contribution in [0.1, 0.15) is 15.9 Å². The van der Waals surface area contributed by atoms with Crippen molar-refractivity contribution in [3.63, 3.8) is 0 Å². The summed E-state index contributed by atoms with van der Waals surface area (Å²) >= 11 is 1.52. The van der Waals surface area contributed by atoms with E-state index >= 15 is 0 Å². The minimum atomic E-state index is -0.422. The molecule has 0 bridgehead atoms. The number of nitrogens with one attached hydrogen (secondary N) is 2. The maximum Gasteiger partial charge on any atom is 0.253 e. The molecule has 0 aliphatic carbocycles. The number of fused-ring (bicyclic) bond motifs is 1. The SMILES string of the molecule is O=C(NC(CO)Cc1ccccc1)c1ccc(O)c2[nH]c(-c3cccs3)nc12. The molecule has 28 heavy (non-hydrogen) atoms. The van der Waals surface area contributed by atoms with Gasteiger partial charge in [0.1, 0.15) is 22.6 Å². The second kappa shape index (κ2) is 7.84. The van der Waals surface area contributed by atoms with Crippen LogP contribution >= 0.6 is 11.3 Å². The molecule has 4 N–H and O–H groups in total. The summed E-state index contributed by atoms with van der Waals surface area (Å²) in [4.78, 5) is 21.4. The van der Waals surface area contributed by atoms with Crippen molar-refractivity contribution in [2.45, 2.75) is 12.5 Å². The van der Waals surface area contributed by atoms with Gasteiger partial charge in [0.25, 0.3) is 5.91 Å². The van der Waals surface area contributed by atoms with Gasteiger partial charge in [0.15, 0.2) is 0 Å². The number of amides is 1. The molecule has 142 valence electrons. The molecule has 0 saturated carbocycles. The molecule has 1 atom stereocenters. The Kier molecular flexibility index (Phi) is 5.10. The molecule has 0 fully saturated rings. The Labute approximate surface area is 165 Å². The van der Waals surface area contributed by atoms with Crippen LogP contribution < -0.4 is 5.32 Å². The van der Waals surface area contributed by atoms with Crippen molar-refractivity contribution in [1.29, 1.82) is 0 Å². The fraction of sp³-hybridized carbons (Fsp3) is 0.143. The summed E-state index contributed by atoms with van der Waals surface area (Å²) in [5.74, 6) is 0.289. The normalized spacial score (nSPS) is 12.2. The van der Waals surface area contributed by atoms with Crippen molar-refractivity contribution < 1.29 is 15.0 Å². The smallest absolute Gasteiger partial charge is 0.253 e. The van der Waals surface area contributed by atoms with Crippen LogP contribution in [-0.4, -0.2) is 38.7 Å². The molecule has 4 rings (SSSR count). The maximum atomic E-state index is 12.9. The van der Waals surface area contributed by atoms with Crippen LogP contribution in [0.15, 0.2) is 60.0 Å². The third-order valence-corrected chi connectivity index (χ3v) is 5.38. The van der Waals surface area contributed by atoms with Gasteiger partial charge in [-0.1, -0.05) is 36.4 Å². The van der Waals surface area contributed by atoms with Gasteiger partial charge in [-0.25, -0.2) is 4.98 Å². The van der Waals surface area contributed by atoms with Gasteiger partial charge in [-0.05, 0) is 35.6 Å². The lowest BCUT2D eigenvalue weighted by molar-refractivity contribution is 0.0918. The molecule has 0 spiro atoms. The first-order valence-corrected chi connectivity index (χ1v) is 9.75. The average Bonchev–Trinajstić information content (AvgIpc) is 3.38. The van der Waals surface area contributed by atoms with Crippen LogP contribution in [0.25, 0.3) is 21.7 Å². The topological polar surface area (TPSA) is 98.2 Å². The third kappa shape index (κ3) is 3.62. The van der Waals surface area contributed by atoms with Gasteiger partial charge in [-0.2, -0.15) is 0 Å². The number of imidazole rings is 1. The number of phenols is 1. The maximum absolute atomic E-state index is 12.9. The number of H-pyrrole nitrogens is 1. The summed E-state index contributed by atoms with van der Waals surface area (Å²) in [6.07, 6.45) is 0.519. The van der Waals surface area contributed by atoms with Gasteiger partial charge in [-0.3, -0.25) is 4.79 Å². The highest BCUT2D eigenvalue weighted by molar-refractivity contribution is 7.13. The minimum Gasteiger partial charge on any atom is -0.506 e. The van der Waals surface area contributed by atoms with Crippen LogP contribution in [-0.2, 0) is 6.42 Å². The largest absolute Gasteiger partial charge is 0.506 e. The Bertz CT molecular complexity index is 1090. The summed E-state index contributed by atoms with van der Waals surface area (Å²) < 4.78 is 0. The second-order valence-corrected chi connectivity index (χ2v) is 7.41. The highest BCUT2D eigenvalue weighted by Gasteiger charge is 2.20. The fourth-order valence-electron chi connectivity index (χ4n) is 3.11. The standard InChI is InChI=1S/C21H19N3O3S/c25-12-14(11-13-5-2-1-3-6-13)22-21(27)15-8-9-16(26)19-18(15)23-20(24-19)17-7-4-10-28-17/h1-10,14,25-26H,11-12H2,(H,22,27)(H,23,24). The molecular weight excluding hydrogens is 374 g/mol. The van der Waals surface area contributed by atoms with Crippen molar-refractivity contribution in [3.8, 4) is 16.5 Å². The Balaban J connectivity index is 1.62. The Morgan fingerprint density at radius 3 is 2.68 bits per heavy atom. The lowest BCUT2D eigenvalue weighted by atomic mass is 10.1. The number of aliphatic hydroxyl groups excluding tert-OH is 1. The monoisotopic (exact) mass is 393 g/mol. The van der Waals surface area contributed by atoms with E-state index in [1.165, 1.54) is 17.4 Å².